The molecule has 4 N–H and O–H groups in total. The lowest BCUT2D eigenvalue weighted by Gasteiger charge is -2.31. The monoisotopic (exact) mass is 525 g/mol. The van der Waals surface area contributed by atoms with Crippen molar-refractivity contribution in [2.45, 2.75) is 48.0 Å². The Bertz CT molecular complexity index is 1060. The fraction of sp³-hybridized carbons (Fsp3) is 0.381. The number of carbonyl (C=O) groups excluding carboxylic acids is 1. The van der Waals surface area contributed by atoms with Crippen molar-refractivity contribution in [3.05, 3.63) is 52.6 Å². The topological polar surface area (TPSA) is 132 Å². The molecule has 1 aliphatic heterocycles. The summed E-state index contributed by atoms with van der Waals surface area (Å²) in [5.41, 5.74) is 6.62. The molecule has 1 aromatic carbocycles. The number of piperidine rings is 1. The van der Waals surface area contributed by atoms with Gasteiger partial charge in [-0.3, -0.25) is 10.1 Å². The third-order valence-corrected chi connectivity index (χ3v) is 7.02. The number of amidine groups is 1. The molecule has 9 nitrogen and oxygen atoms in total. The van der Waals surface area contributed by atoms with E-state index in [2.05, 4.69) is 20.4 Å². The molecule has 2 heterocycles. The van der Waals surface area contributed by atoms with Crippen molar-refractivity contribution in [3.63, 3.8) is 0 Å². The number of hydrogen-bond acceptors (Lipinski definition) is 8. The van der Waals surface area contributed by atoms with Gasteiger partial charge in [-0.1, -0.05) is 11.6 Å². The molecule has 34 heavy (non-hydrogen) atoms. The van der Waals surface area contributed by atoms with Crippen LogP contribution in [0.3, 0.4) is 0 Å². The first-order valence-electron chi connectivity index (χ1n) is 10.4. The van der Waals surface area contributed by atoms with E-state index in [1.165, 1.54) is 24.0 Å². The Balaban J connectivity index is 1.50. The SMILES string of the molecule is C/C(N)=N/N=NCc1cc(Cl)cnc1COC(=O)N1CCC(Sc2ccc(SN)cc2F)CC1. The van der Waals surface area contributed by atoms with Crippen molar-refractivity contribution in [2.75, 3.05) is 13.1 Å². The number of rotatable bonds is 8. The lowest BCUT2D eigenvalue weighted by molar-refractivity contribution is 0.0888. The zero-order chi connectivity index (χ0) is 24.5. The molecule has 0 spiro atoms. The van der Waals surface area contributed by atoms with E-state index >= 15 is 0 Å². The Morgan fingerprint density at radius 3 is 2.79 bits per heavy atom. The standard InChI is InChI=1S/C21H25ClFN7O2S2/c1-13(24)28-29-27-10-14-8-15(22)11-26-19(14)12-32-21(31)30-6-4-16(5-7-30)33-20-3-2-17(34-25)9-18(20)23/h2-3,8-9,11,16H,4-7,10,12,25H2,1H3,(H2,24,27,28). The van der Waals surface area contributed by atoms with Gasteiger partial charge in [-0.25, -0.2) is 9.18 Å². The molecule has 1 saturated heterocycles. The third-order valence-electron chi connectivity index (χ3n) is 4.90. The molecule has 182 valence electrons. The number of nitrogens with zero attached hydrogens (tertiary/aromatic N) is 5. The summed E-state index contributed by atoms with van der Waals surface area (Å²) >= 11 is 8.53. The van der Waals surface area contributed by atoms with Crippen LogP contribution in [0.1, 0.15) is 31.0 Å². The molecule has 0 atom stereocenters. The van der Waals surface area contributed by atoms with E-state index in [9.17, 15) is 9.18 Å². The molecular weight excluding hydrogens is 501 g/mol. The normalized spacial score (nSPS) is 15.2. The van der Waals surface area contributed by atoms with Gasteiger partial charge in [-0.2, -0.15) is 5.11 Å². The van der Waals surface area contributed by atoms with Crippen LogP contribution in [0.2, 0.25) is 5.02 Å². The van der Waals surface area contributed by atoms with Gasteiger partial charge in [-0.15, -0.1) is 16.9 Å². The van der Waals surface area contributed by atoms with Crippen LogP contribution in [0.5, 0.6) is 0 Å². The summed E-state index contributed by atoms with van der Waals surface area (Å²) in [5.74, 6) is 0.0103. The number of likely N-dealkylation sites (tertiary alicyclic amines) is 1. The molecule has 13 heteroatoms. The summed E-state index contributed by atoms with van der Waals surface area (Å²) in [6.45, 7) is 2.80. The van der Waals surface area contributed by atoms with Crippen LogP contribution in [-0.4, -0.2) is 40.2 Å². The molecule has 0 bridgehead atoms. The number of ether oxygens (including phenoxy) is 1. The van der Waals surface area contributed by atoms with Gasteiger partial charge < -0.3 is 15.4 Å². The fourth-order valence-corrected chi connectivity index (χ4v) is 4.82. The molecule has 1 aliphatic rings. The van der Waals surface area contributed by atoms with Crippen LogP contribution in [-0.2, 0) is 17.9 Å². The second-order valence-corrected chi connectivity index (χ2v) is 9.94. The molecule has 1 aromatic heterocycles. The smallest absolute Gasteiger partial charge is 0.410 e. The Hall–Kier alpha value is -2.41. The minimum absolute atomic E-state index is 0.0224. The van der Waals surface area contributed by atoms with Crippen molar-refractivity contribution in [3.8, 4) is 0 Å². The zero-order valence-electron chi connectivity index (χ0n) is 18.5. The molecule has 0 radical (unpaired) electrons. The minimum atomic E-state index is -0.424. The molecule has 0 unspecified atom stereocenters. The molecule has 2 aromatic rings. The highest BCUT2D eigenvalue weighted by molar-refractivity contribution is 8.00. The number of hydrogen-bond donors (Lipinski definition) is 2. The summed E-state index contributed by atoms with van der Waals surface area (Å²) < 4.78 is 19.7. The minimum Gasteiger partial charge on any atom is -0.443 e. The first-order chi connectivity index (χ1) is 16.4. The average molecular weight is 526 g/mol. The number of pyridine rings is 1. The summed E-state index contributed by atoms with van der Waals surface area (Å²) in [4.78, 5) is 19.7. The summed E-state index contributed by atoms with van der Waals surface area (Å²) in [7, 11) is 0. The number of nitrogens with two attached hydrogens (primary N) is 2. The van der Waals surface area contributed by atoms with Crippen LogP contribution in [0.4, 0.5) is 9.18 Å². The fourth-order valence-electron chi connectivity index (χ4n) is 3.19. The van der Waals surface area contributed by atoms with E-state index in [1.54, 1.807) is 30.0 Å². The van der Waals surface area contributed by atoms with Crippen molar-refractivity contribution in [2.24, 2.45) is 26.3 Å². The van der Waals surface area contributed by atoms with Crippen molar-refractivity contribution < 1.29 is 13.9 Å². The second-order valence-electron chi connectivity index (χ2n) is 7.46. The number of amides is 1. The first kappa shape index (κ1) is 26.2. The Morgan fingerprint density at radius 1 is 1.35 bits per heavy atom. The van der Waals surface area contributed by atoms with Crippen molar-refractivity contribution in [1.29, 1.82) is 0 Å². The van der Waals surface area contributed by atoms with E-state index in [1.807, 2.05) is 0 Å². The predicted octanol–water partition coefficient (Wildman–Crippen LogP) is 4.98. The van der Waals surface area contributed by atoms with E-state index in [-0.39, 0.29) is 30.1 Å². The largest absolute Gasteiger partial charge is 0.443 e. The Labute approximate surface area is 210 Å². The summed E-state index contributed by atoms with van der Waals surface area (Å²) in [5, 5.41) is 17.3. The number of carbonyl (C=O) groups is 1. The quantitative estimate of drug-likeness (QED) is 0.163. The molecule has 1 amide bonds. The lowest BCUT2D eigenvalue weighted by atomic mass is 10.1. The van der Waals surface area contributed by atoms with Gasteiger partial charge in [0, 0.05) is 39.9 Å². The lowest BCUT2D eigenvalue weighted by Crippen LogP contribution is -2.39. The maximum absolute atomic E-state index is 14.2. The van der Waals surface area contributed by atoms with Crippen LogP contribution < -0.4 is 10.9 Å². The Kier molecular flexibility index (Phi) is 9.93. The highest BCUT2D eigenvalue weighted by atomic mass is 35.5. The molecule has 0 saturated carbocycles. The number of benzene rings is 1. The van der Waals surface area contributed by atoms with Gasteiger partial charge in [0.2, 0.25) is 0 Å². The highest BCUT2D eigenvalue weighted by Gasteiger charge is 2.25. The second kappa shape index (κ2) is 12.9. The van der Waals surface area contributed by atoms with Crippen LogP contribution in [0.15, 0.2) is 55.7 Å². The molecular formula is C21H25ClFN7O2S2. The zero-order valence-corrected chi connectivity index (χ0v) is 20.9. The number of thioether (sulfide) groups is 1. The molecule has 1 fully saturated rings. The van der Waals surface area contributed by atoms with Crippen molar-refractivity contribution in [1.82, 2.24) is 9.88 Å². The number of halogens is 2. The van der Waals surface area contributed by atoms with Gasteiger partial charge >= 0.3 is 6.09 Å². The van der Waals surface area contributed by atoms with Gasteiger partial charge in [-0.05, 0) is 61.2 Å². The van der Waals surface area contributed by atoms with Gasteiger partial charge in [0.15, 0.2) is 0 Å². The summed E-state index contributed by atoms with van der Waals surface area (Å²) in [6, 6.07) is 6.67. The Morgan fingerprint density at radius 2 is 2.12 bits per heavy atom. The molecule has 0 aliphatic carbocycles. The van der Waals surface area contributed by atoms with E-state index in [4.69, 9.17) is 27.2 Å². The summed E-state index contributed by atoms with van der Waals surface area (Å²) in [6.07, 6.45) is 2.53. The van der Waals surface area contributed by atoms with E-state index in [0.29, 0.717) is 39.2 Å². The maximum Gasteiger partial charge on any atom is 0.410 e. The number of aromatic nitrogens is 1. The highest BCUT2D eigenvalue weighted by Crippen LogP contribution is 2.33. The predicted molar refractivity (Wildman–Crippen MR) is 132 cm³/mol. The van der Waals surface area contributed by atoms with Crippen molar-refractivity contribution >= 4 is 47.2 Å². The van der Waals surface area contributed by atoms with E-state index < -0.39 is 6.09 Å². The third kappa shape index (κ3) is 7.83. The average Bonchev–Trinajstić information content (AvgIpc) is 2.82. The van der Waals surface area contributed by atoms with Gasteiger partial charge in [0.25, 0.3) is 0 Å². The van der Waals surface area contributed by atoms with Gasteiger partial charge in [0.1, 0.15) is 18.3 Å². The maximum atomic E-state index is 14.2. The van der Waals surface area contributed by atoms with Crippen LogP contribution in [0, 0.1) is 5.82 Å². The molecule has 3 rings (SSSR count). The first-order valence-corrected chi connectivity index (χ1v) is 12.5. The van der Waals surface area contributed by atoms with E-state index in [0.717, 1.165) is 24.8 Å². The van der Waals surface area contributed by atoms with Crippen LogP contribution >= 0.6 is 35.3 Å². The van der Waals surface area contributed by atoms with Crippen LogP contribution in [0.25, 0.3) is 0 Å². The van der Waals surface area contributed by atoms with Gasteiger partial charge in [0.05, 0.1) is 17.3 Å².